The third-order valence-corrected chi connectivity index (χ3v) is 3.20. The van der Waals surface area contributed by atoms with E-state index >= 15 is 0 Å². The molecule has 0 spiro atoms. The Balaban J connectivity index is 2.07. The first kappa shape index (κ1) is 13.5. The van der Waals surface area contributed by atoms with Crippen molar-refractivity contribution in [2.75, 3.05) is 0 Å². The molecule has 0 unspecified atom stereocenters. The zero-order chi connectivity index (χ0) is 13.7. The largest absolute Gasteiger partial charge is 0.427 e. The van der Waals surface area contributed by atoms with E-state index in [1.807, 2.05) is 18.2 Å². The van der Waals surface area contributed by atoms with Gasteiger partial charge in [0.1, 0.15) is 5.75 Å². The van der Waals surface area contributed by atoms with Crippen LogP contribution in [-0.4, -0.2) is 11.8 Å². The molecular formula is C16H18O3. The number of rotatable bonds is 3. The Bertz CT molecular complexity index is 497. The molecule has 3 nitrogen and oxygen atoms in total. The average Bonchev–Trinajstić information content (AvgIpc) is 2.43. The third-order valence-electron chi connectivity index (χ3n) is 3.20. The molecule has 1 aliphatic rings. The number of allylic oxidation sites excluding steroid dienone is 1. The first-order valence-electron chi connectivity index (χ1n) is 6.73. The van der Waals surface area contributed by atoms with Crippen molar-refractivity contribution in [2.45, 2.75) is 39.0 Å². The van der Waals surface area contributed by atoms with Gasteiger partial charge in [0.2, 0.25) is 0 Å². The minimum absolute atomic E-state index is 0.242. The molecule has 19 heavy (non-hydrogen) atoms. The maximum atomic E-state index is 11.7. The van der Waals surface area contributed by atoms with Crippen LogP contribution in [-0.2, 0) is 9.59 Å². The van der Waals surface area contributed by atoms with Crippen molar-refractivity contribution in [1.82, 2.24) is 0 Å². The number of carbonyl (C=O) groups excluding carboxylic acids is 2. The van der Waals surface area contributed by atoms with Crippen molar-refractivity contribution >= 4 is 17.8 Å². The third kappa shape index (κ3) is 3.78. The highest BCUT2D eigenvalue weighted by Gasteiger charge is 2.14. The lowest BCUT2D eigenvalue weighted by molar-refractivity contribution is -0.134. The summed E-state index contributed by atoms with van der Waals surface area (Å²) in [6, 6.07) is 7.25. The fourth-order valence-electron chi connectivity index (χ4n) is 2.09. The Labute approximate surface area is 113 Å². The van der Waals surface area contributed by atoms with E-state index in [0.717, 1.165) is 30.4 Å². The summed E-state index contributed by atoms with van der Waals surface area (Å²) in [5, 5.41) is 0. The summed E-state index contributed by atoms with van der Waals surface area (Å²) in [6.07, 6.45) is 5.92. The van der Waals surface area contributed by atoms with E-state index in [2.05, 4.69) is 0 Å². The molecule has 0 aliphatic heterocycles. The van der Waals surface area contributed by atoms with E-state index in [-0.39, 0.29) is 11.8 Å². The quantitative estimate of drug-likeness (QED) is 0.473. The van der Waals surface area contributed by atoms with Gasteiger partial charge in [-0.15, -0.1) is 0 Å². The van der Waals surface area contributed by atoms with Crippen LogP contribution in [0.4, 0.5) is 0 Å². The number of Topliss-reactive ketones (excluding diaryl/α,β-unsaturated/α-hetero) is 1. The van der Waals surface area contributed by atoms with Gasteiger partial charge in [-0.2, -0.15) is 0 Å². The van der Waals surface area contributed by atoms with Gasteiger partial charge in [0.25, 0.3) is 0 Å². The van der Waals surface area contributed by atoms with Crippen molar-refractivity contribution in [3.05, 3.63) is 35.4 Å². The van der Waals surface area contributed by atoms with Crippen LogP contribution in [0.15, 0.2) is 29.8 Å². The first-order valence-corrected chi connectivity index (χ1v) is 6.73. The summed E-state index contributed by atoms with van der Waals surface area (Å²) >= 11 is 0. The van der Waals surface area contributed by atoms with Crippen LogP contribution in [0.5, 0.6) is 5.75 Å². The molecule has 0 saturated heterocycles. The molecule has 2 rings (SSSR count). The van der Waals surface area contributed by atoms with Gasteiger partial charge in [-0.05, 0) is 48.6 Å². The molecule has 0 radical (unpaired) electrons. The molecular weight excluding hydrogens is 240 g/mol. The van der Waals surface area contributed by atoms with Gasteiger partial charge in [-0.25, -0.2) is 0 Å². The fourth-order valence-corrected chi connectivity index (χ4v) is 2.09. The maximum absolute atomic E-state index is 11.7. The predicted molar refractivity (Wildman–Crippen MR) is 73.8 cm³/mol. The van der Waals surface area contributed by atoms with Gasteiger partial charge < -0.3 is 4.74 Å². The number of hydrogen-bond donors (Lipinski definition) is 0. The molecule has 3 heteroatoms. The van der Waals surface area contributed by atoms with Crippen LogP contribution in [0.3, 0.4) is 0 Å². The molecule has 100 valence electrons. The van der Waals surface area contributed by atoms with Gasteiger partial charge in [0, 0.05) is 12.8 Å². The van der Waals surface area contributed by atoms with E-state index < -0.39 is 0 Å². The monoisotopic (exact) mass is 258 g/mol. The topological polar surface area (TPSA) is 43.4 Å². The molecule has 0 atom stereocenters. The van der Waals surface area contributed by atoms with Crippen LogP contribution in [0.2, 0.25) is 0 Å². The predicted octanol–water partition coefficient (Wildman–Crippen LogP) is 3.53. The zero-order valence-electron chi connectivity index (χ0n) is 11.1. The van der Waals surface area contributed by atoms with Gasteiger partial charge in [-0.3, -0.25) is 9.59 Å². The number of carbonyl (C=O) groups is 2. The second kappa shape index (κ2) is 6.32. The zero-order valence-corrected chi connectivity index (χ0v) is 11.1. The highest BCUT2D eigenvalue weighted by Crippen LogP contribution is 2.23. The van der Waals surface area contributed by atoms with Crippen molar-refractivity contribution in [3.63, 3.8) is 0 Å². The van der Waals surface area contributed by atoms with Crippen molar-refractivity contribution < 1.29 is 14.3 Å². The van der Waals surface area contributed by atoms with E-state index in [1.165, 1.54) is 0 Å². The molecule has 1 saturated carbocycles. The summed E-state index contributed by atoms with van der Waals surface area (Å²) < 4.78 is 5.10. The number of esters is 1. The summed E-state index contributed by atoms with van der Waals surface area (Å²) in [5.74, 6) is 0.560. The van der Waals surface area contributed by atoms with E-state index in [4.69, 9.17) is 4.74 Å². The number of ether oxygens (including phenoxy) is 1. The molecule has 1 aliphatic carbocycles. The fraction of sp³-hybridized carbons (Fsp3) is 0.375. The van der Waals surface area contributed by atoms with E-state index in [1.54, 1.807) is 19.1 Å². The summed E-state index contributed by atoms with van der Waals surface area (Å²) in [4.78, 5) is 22.9. The van der Waals surface area contributed by atoms with Gasteiger partial charge >= 0.3 is 5.97 Å². The van der Waals surface area contributed by atoms with Crippen molar-refractivity contribution in [2.24, 2.45) is 0 Å². The smallest absolute Gasteiger partial charge is 0.310 e. The SMILES string of the molecule is CCC(=O)Oc1ccc(C=C2CCCCC2=O)cc1. The molecule has 0 amide bonds. The Kier molecular flexibility index (Phi) is 4.50. The van der Waals surface area contributed by atoms with Crippen LogP contribution in [0, 0.1) is 0 Å². The molecule has 0 aromatic heterocycles. The normalized spacial score (nSPS) is 17.5. The van der Waals surface area contributed by atoms with Gasteiger partial charge in [-0.1, -0.05) is 19.1 Å². The molecule has 1 aromatic carbocycles. The molecule has 0 bridgehead atoms. The van der Waals surface area contributed by atoms with E-state index in [0.29, 0.717) is 18.6 Å². The second-order valence-electron chi connectivity index (χ2n) is 4.70. The number of benzene rings is 1. The summed E-state index contributed by atoms with van der Waals surface area (Å²) in [5.41, 5.74) is 1.88. The molecule has 1 aromatic rings. The van der Waals surface area contributed by atoms with Crippen LogP contribution < -0.4 is 4.74 Å². The Hall–Kier alpha value is -1.90. The lowest BCUT2D eigenvalue weighted by atomic mass is 9.92. The molecule has 1 fully saturated rings. The number of hydrogen-bond acceptors (Lipinski definition) is 3. The standard InChI is InChI=1S/C16H18O3/c1-2-16(18)19-14-9-7-12(8-10-14)11-13-5-3-4-6-15(13)17/h7-11H,2-6H2,1H3. The Morgan fingerprint density at radius 1 is 1.21 bits per heavy atom. The minimum Gasteiger partial charge on any atom is -0.427 e. The first-order chi connectivity index (χ1) is 9.19. The number of ketones is 1. The lowest BCUT2D eigenvalue weighted by Gasteiger charge is -2.12. The summed E-state index contributed by atoms with van der Waals surface area (Å²) in [6.45, 7) is 1.76. The van der Waals surface area contributed by atoms with Crippen LogP contribution in [0.25, 0.3) is 6.08 Å². The highest BCUT2D eigenvalue weighted by molar-refractivity contribution is 6.00. The molecule has 0 heterocycles. The van der Waals surface area contributed by atoms with Crippen LogP contribution in [0.1, 0.15) is 44.6 Å². The van der Waals surface area contributed by atoms with Crippen LogP contribution >= 0.6 is 0 Å². The Morgan fingerprint density at radius 2 is 1.89 bits per heavy atom. The van der Waals surface area contributed by atoms with E-state index in [9.17, 15) is 9.59 Å². The molecule has 0 N–H and O–H groups in total. The minimum atomic E-state index is -0.242. The van der Waals surface area contributed by atoms with Crippen molar-refractivity contribution in [3.8, 4) is 5.75 Å². The van der Waals surface area contributed by atoms with Gasteiger partial charge in [0.05, 0.1) is 0 Å². The van der Waals surface area contributed by atoms with Crippen molar-refractivity contribution in [1.29, 1.82) is 0 Å². The highest BCUT2D eigenvalue weighted by atomic mass is 16.5. The average molecular weight is 258 g/mol. The lowest BCUT2D eigenvalue weighted by Crippen LogP contribution is -2.08. The maximum Gasteiger partial charge on any atom is 0.310 e. The summed E-state index contributed by atoms with van der Waals surface area (Å²) in [7, 11) is 0. The Morgan fingerprint density at radius 3 is 2.53 bits per heavy atom. The van der Waals surface area contributed by atoms with Gasteiger partial charge in [0.15, 0.2) is 5.78 Å². The second-order valence-corrected chi connectivity index (χ2v) is 4.70.